The molecule has 0 fully saturated rings. The second-order valence-corrected chi connectivity index (χ2v) is 4.48. The SMILES string of the molecule is CCn1ccc(CNCCSC(F)(F)F)c1. The van der Waals surface area contributed by atoms with E-state index in [9.17, 15) is 13.2 Å². The van der Waals surface area contributed by atoms with E-state index < -0.39 is 5.51 Å². The number of alkyl halides is 3. The molecule has 0 aliphatic rings. The molecule has 1 aromatic heterocycles. The maximum absolute atomic E-state index is 11.8. The Kier molecular flexibility index (Phi) is 5.21. The van der Waals surface area contributed by atoms with Crippen LogP contribution in [0.2, 0.25) is 0 Å². The first-order valence-corrected chi connectivity index (χ1v) is 6.06. The smallest absolute Gasteiger partial charge is 0.354 e. The fourth-order valence-corrected chi connectivity index (χ4v) is 1.74. The monoisotopic (exact) mass is 252 g/mol. The first-order valence-electron chi connectivity index (χ1n) is 5.07. The van der Waals surface area contributed by atoms with Crippen LogP contribution in [0, 0.1) is 0 Å². The van der Waals surface area contributed by atoms with Gasteiger partial charge in [0.05, 0.1) is 0 Å². The zero-order chi connectivity index (χ0) is 12.0. The number of nitrogens with one attached hydrogen (secondary N) is 1. The maximum Gasteiger partial charge on any atom is 0.441 e. The van der Waals surface area contributed by atoms with Gasteiger partial charge in [0.1, 0.15) is 0 Å². The molecule has 1 aromatic rings. The molecular formula is C10H15F3N2S. The molecule has 0 saturated heterocycles. The third-order valence-electron chi connectivity index (χ3n) is 2.05. The van der Waals surface area contributed by atoms with E-state index in [4.69, 9.17) is 0 Å². The number of rotatable bonds is 6. The molecule has 2 nitrogen and oxygen atoms in total. The average molecular weight is 252 g/mol. The lowest BCUT2D eigenvalue weighted by Gasteiger charge is -2.06. The Morgan fingerprint density at radius 1 is 1.44 bits per heavy atom. The van der Waals surface area contributed by atoms with Gasteiger partial charge in [-0.05, 0) is 30.3 Å². The molecule has 0 spiro atoms. The van der Waals surface area contributed by atoms with E-state index in [0.717, 1.165) is 12.1 Å². The summed E-state index contributed by atoms with van der Waals surface area (Å²) in [5.74, 6) is 0.0536. The van der Waals surface area contributed by atoms with Gasteiger partial charge in [-0.3, -0.25) is 0 Å². The first-order chi connectivity index (χ1) is 7.51. The molecule has 1 N–H and O–H groups in total. The van der Waals surface area contributed by atoms with E-state index in [-0.39, 0.29) is 17.5 Å². The van der Waals surface area contributed by atoms with Crippen molar-refractivity contribution in [2.45, 2.75) is 25.5 Å². The van der Waals surface area contributed by atoms with Gasteiger partial charge in [0, 0.05) is 37.8 Å². The highest BCUT2D eigenvalue weighted by Crippen LogP contribution is 2.29. The van der Waals surface area contributed by atoms with Crippen molar-refractivity contribution in [3.63, 3.8) is 0 Å². The van der Waals surface area contributed by atoms with Crippen LogP contribution in [0.1, 0.15) is 12.5 Å². The summed E-state index contributed by atoms with van der Waals surface area (Å²) in [7, 11) is 0. The summed E-state index contributed by atoms with van der Waals surface area (Å²) in [5.41, 5.74) is -3.02. The predicted octanol–water partition coefficient (Wildman–Crippen LogP) is 2.85. The van der Waals surface area contributed by atoms with Gasteiger partial charge in [0.15, 0.2) is 0 Å². The molecule has 0 saturated carbocycles. The van der Waals surface area contributed by atoms with Crippen LogP contribution in [-0.4, -0.2) is 22.4 Å². The van der Waals surface area contributed by atoms with E-state index in [1.54, 1.807) is 0 Å². The molecule has 16 heavy (non-hydrogen) atoms. The van der Waals surface area contributed by atoms with E-state index >= 15 is 0 Å². The lowest BCUT2D eigenvalue weighted by molar-refractivity contribution is -0.0327. The quantitative estimate of drug-likeness (QED) is 0.784. The van der Waals surface area contributed by atoms with Crippen LogP contribution in [0.15, 0.2) is 18.5 Å². The second kappa shape index (κ2) is 6.20. The van der Waals surface area contributed by atoms with Gasteiger partial charge in [0.2, 0.25) is 0 Å². The van der Waals surface area contributed by atoms with Crippen molar-refractivity contribution in [2.24, 2.45) is 0 Å². The average Bonchev–Trinajstić information content (AvgIpc) is 2.63. The lowest BCUT2D eigenvalue weighted by Crippen LogP contribution is -2.18. The number of aromatic nitrogens is 1. The number of thioether (sulfide) groups is 1. The minimum Gasteiger partial charge on any atom is -0.354 e. The van der Waals surface area contributed by atoms with Gasteiger partial charge >= 0.3 is 5.51 Å². The summed E-state index contributed by atoms with van der Waals surface area (Å²) in [5, 5.41) is 2.98. The highest BCUT2D eigenvalue weighted by Gasteiger charge is 2.27. The predicted molar refractivity (Wildman–Crippen MR) is 60.3 cm³/mol. The zero-order valence-corrected chi connectivity index (χ0v) is 9.87. The molecule has 0 aliphatic carbocycles. The Balaban J connectivity index is 2.11. The molecule has 0 bridgehead atoms. The Morgan fingerprint density at radius 2 is 2.19 bits per heavy atom. The van der Waals surface area contributed by atoms with E-state index in [1.807, 2.05) is 30.0 Å². The van der Waals surface area contributed by atoms with Crippen molar-refractivity contribution in [1.29, 1.82) is 0 Å². The van der Waals surface area contributed by atoms with Gasteiger partial charge < -0.3 is 9.88 Å². The molecule has 0 radical (unpaired) electrons. The molecule has 0 amide bonds. The number of hydrogen-bond acceptors (Lipinski definition) is 2. The van der Waals surface area contributed by atoms with Gasteiger partial charge in [-0.1, -0.05) is 0 Å². The summed E-state index contributed by atoms with van der Waals surface area (Å²) >= 11 is 0.0107. The Bertz CT molecular complexity index is 309. The van der Waals surface area contributed by atoms with Crippen LogP contribution in [0.3, 0.4) is 0 Å². The third-order valence-corrected chi connectivity index (χ3v) is 2.79. The van der Waals surface area contributed by atoms with Crippen LogP contribution in [0.25, 0.3) is 0 Å². The molecule has 6 heteroatoms. The molecule has 1 heterocycles. The van der Waals surface area contributed by atoms with Crippen LogP contribution in [0.4, 0.5) is 13.2 Å². The van der Waals surface area contributed by atoms with Crippen molar-refractivity contribution in [3.8, 4) is 0 Å². The summed E-state index contributed by atoms with van der Waals surface area (Å²) in [6, 6.07) is 1.97. The van der Waals surface area contributed by atoms with E-state index in [0.29, 0.717) is 13.1 Å². The number of hydrogen-bond donors (Lipinski definition) is 1. The molecule has 0 atom stereocenters. The summed E-state index contributed by atoms with van der Waals surface area (Å²) in [6.45, 7) is 3.92. The van der Waals surface area contributed by atoms with Crippen molar-refractivity contribution in [3.05, 3.63) is 24.0 Å². The maximum atomic E-state index is 11.8. The van der Waals surface area contributed by atoms with Crippen molar-refractivity contribution in [2.75, 3.05) is 12.3 Å². The molecule has 92 valence electrons. The Labute approximate surface area is 97.2 Å². The first kappa shape index (κ1) is 13.4. The summed E-state index contributed by atoms with van der Waals surface area (Å²) < 4.78 is 37.4. The number of aryl methyl sites for hydroxylation is 1. The fourth-order valence-electron chi connectivity index (χ4n) is 1.26. The molecule has 1 rings (SSSR count). The summed E-state index contributed by atoms with van der Waals surface area (Å²) in [6.07, 6.45) is 3.95. The van der Waals surface area contributed by atoms with Crippen molar-refractivity contribution >= 4 is 11.8 Å². The van der Waals surface area contributed by atoms with Crippen molar-refractivity contribution < 1.29 is 13.2 Å². The van der Waals surface area contributed by atoms with E-state index in [2.05, 4.69) is 5.32 Å². The van der Waals surface area contributed by atoms with Gasteiger partial charge in [-0.25, -0.2) is 0 Å². The van der Waals surface area contributed by atoms with E-state index in [1.165, 1.54) is 0 Å². The van der Waals surface area contributed by atoms with Crippen LogP contribution < -0.4 is 5.32 Å². The molecule has 0 aliphatic heterocycles. The molecule has 0 unspecified atom stereocenters. The van der Waals surface area contributed by atoms with Crippen LogP contribution >= 0.6 is 11.8 Å². The standard InChI is InChI=1S/C10H15F3N2S/c1-2-15-5-3-9(8-15)7-14-4-6-16-10(11,12)13/h3,5,8,14H,2,4,6-7H2,1H3. The minimum atomic E-state index is -4.12. The highest BCUT2D eigenvalue weighted by atomic mass is 32.2. The normalized spacial score (nSPS) is 12.0. The minimum absolute atomic E-state index is 0.0107. The topological polar surface area (TPSA) is 17.0 Å². The third kappa shape index (κ3) is 5.46. The highest BCUT2D eigenvalue weighted by molar-refractivity contribution is 8.00. The van der Waals surface area contributed by atoms with Crippen LogP contribution in [-0.2, 0) is 13.1 Å². The lowest BCUT2D eigenvalue weighted by atomic mass is 10.3. The largest absolute Gasteiger partial charge is 0.441 e. The Hall–Kier alpha value is -0.620. The Morgan fingerprint density at radius 3 is 2.75 bits per heavy atom. The number of halogens is 3. The second-order valence-electron chi connectivity index (χ2n) is 3.32. The zero-order valence-electron chi connectivity index (χ0n) is 9.05. The molecule has 0 aromatic carbocycles. The number of nitrogens with zero attached hydrogens (tertiary/aromatic N) is 1. The molecular weight excluding hydrogens is 237 g/mol. The van der Waals surface area contributed by atoms with Crippen LogP contribution in [0.5, 0.6) is 0 Å². The van der Waals surface area contributed by atoms with Gasteiger partial charge in [-0.2, -0.15) is 13.2 Å². The van der Waals surface area contributed by atoms with Crippen molar-refractivity contribution in [1.82, 2.24) is 9.88 Å². The fraction of sp³-hybridized carbons (Fsp3) is 0.600. The summed E-state index contributed by atoms with van der Waals surface area (Å²) in [4.78, 5) is 0. The van der Waals surface area contributed by atoms with Gasteiger partial charge in [-0.15, -0.1) is 0 Å². The van der Waals surface area contributed by atoms with Gasteiger partial charge in [0.25, 0.3) is 0 Å².